The maximum absolute atomic E-state index is 5.55. The van der Waals surface area contributed by atoms with E-state index < -0.39 is 8.70 Å². The molecule has 1 heterocycles. The molecule has 0 saturated carbocycles. The Morgan fingerprint density at radius 1 is 0.724 bits per heavy atom. The van der Waals surface area contributed by atoms with Crippen molar-refractivity contribution in [3.05, 3.63) is 0 Å². The third-order valence-electron chi connectivity index (χ3n) is 3.35. The van der Waals surface area contributed by atoms with E-state index in [1.54, 1.807) is 0 Å². The zero-order valence-electron chi connectivity index (χ0n) is 16.7. The van der Waals surface area contributed by atoms with Gasteiger partial charge in [-0.25, -0.2) is 0 Å². The van der Waals surface area contributed by atoms with Crippen molar-refractivity contribution in [2.45, 2.75) is 12.8 Å². The SMILES string of the molecule is Cl.Cl.Cl.Cl.Cl.NCCCNCC[S][Ge]1([S]CCNCCCN)[S]CCNCC[S]1. The third kappa shape index (κ3) is 24.1. The fourth-order valence-electron chi connectivity index (χ4n) is 2.07. The van der Waals surface area contributed by atoms with Crippen molar-refractivity contribution in [3.8, 4) is 0 Å². The van der Waals surface area contributed by atoms with Crippen LogP contribution in [0.3, 0.4) is 0 Å². The Morgan fingerprint density at radius 3 is 1.52 bits per heavy atom. The number of nitrogens with two attached hydrogens (primary N) is 2. The van der Waals surface area contributed by atoms with Gasteiger partial charge in [0.2, 0.25) is 0 Å². The van der Waals surface area contributed by atoms with Crippen LogP contribution in [0, 0.1) is 0 Å². The van der Waals surface area contributed by atoms with Gasteiger partial charge in [0.05, 0.1) is 0 Å². The normalized spacial score (nSPS) is 15.1. The van der Waals surface area contributed by atoms with Gasteiger partial charge in [0.15, 0.2) is 0 Å². The maximum atomic E-state index is 5.55. The molecule has 0 spiro atoms. The molecule has 1 fully saturated rings. The number of hydrogen-bond acceptors (Lipinski definition) is 9. The van der Waals surface area contributed by atoms with Crippen LogP contribution in [0.5, 0.6) is 0 Å². The van der Waals surface area contributed by atoms with E-state index in [1.807, 2.05) is 0 Å². The number of halogens is 5. The topological polar surface area (TPSA) is 88.1 Å². The summed E-state index contributed by atoms with van der Waals surface area (Å²) in [6.45, 7) is 8.25. The molecule has 0 aromatic heterocycles. The molecule has 0 unspecified atom stereocenters. The van der Waals surface area contributed by atoms with E-state index in [-0.39, 0.29) is 62.0 Å². The van der Waals surface area contributed by atoms with Gasteiger partial charge in [-0.1, -0.05) is 0 Å². The number of nitrogens with one attached hydrogen (secondary N) is 3. The average Bonchev–Trinajstić information content (AvgIpc) is 2.57. The Labute approximate surface area is 224 Å². The molecule has 15 heteroatoms. The van der Waals surface area contributed by atoms with Crippen molar-refractivity contribution >= 4 is 111 Å². The van der Waals surface area contributed by atoms with Crippen molar-refractivity contribution in [2.24, 2.45) is 11.5 Å². The monoisotopic (exact) mass is 655 g/mol. The molecule has 1 aliphatic heterocycles. The summed E-state index contributed by atoms with van der Waals surface area (Å²) in [6, 6.07) is 0. The van der Waals surface area contributed by atoms with E-state index in [1.165, 1.54) is 36.1 Å². The molecule has 1 aliphatic rings. The molecule has 0 radical (unpaired) electrons. The van der Waals surface area contributed by atoms with Gasteiger partial charge in [-0.2, -0.15) is 0 Å². The van der Waals surface area contributed by atoms with E-state index in [0.717, 1.165) is 52.1 Å². The second-order valence-electron chi connectivity index (χ2n) is 5.43. The van der Waals surface area contributed by atoms with E-state index in [2.05, 4.69) is 56.3 Å². The van der Waals surface area contributed by atoms with Gasteiger partial charge < -0.3 is 0 Å². The van der Waals surface area contributed by atoms with Crippen LogP contribution in [0.1, 0.15) is 12.8 Å². The Bertz CT molecular complexity index is 285. The van der Waals surface area contributed by atoms with E-state index in [0.29, 0.717) is 0 Å². The van der Waals surface area contributed by atoms with Crippen LogP contribution in [0.15, 0.2) is 0 Å². The molecule has 0 amide bonds. The average molecular weight is 657 g/mol. The zero-order chi connectivity index (χ0) is 17.3. The van der Waals surface area contributed by atoms with Crippen LogP contribution in [-0.2, 0) is 0 Å². The second kappa shape index (κ2) is 31.2. The first-order valence-corrected chi connectivity index (χ1v) is 23.1. The van der Waals surface area contributed by atoms with E-state index >= 15 is 0 Å². The zero-order valence-corrected chi connectivity index (χ0v) is 26.2. The summed E-state index contributed by atoms with van der Waals surface area (Å²) in [6.07, 6.45) is 2.16. The Morgan fingerprint density at radius 2 is 1.14 bits per heavy atom. The molecule has 5 nitrogen and oxygen atoms in total. The minimum absolute atomic E-state index is 0. The molecule has 0 atom stereocenters. The Kier molecular flexibility index (Phi) is 45.6. The van der Waals surface area contributed by atoms with Crippen LogP contribution in [0.4, 0.5) is 0 Å². The molecule has 0 aliphatic carbocycles. The fourth-order valence-corrected chi connectivity index (χ4v) is 40.0. The van der Waals surface area contributed by atoms with Crippen LogP contribution in [-0.4, -0.2) is 84.1 Å². The summed E-state index contributed by atoms with van der Waals surface area (Å²) in [7, 11) is 7.22. The fraction of sp³-hybridized carbons (Fsp3) is 1.00. The van der Waals surface area contributed by atoms with Crippen molar-refractivity contribution in [3.63, 3.8) is 0 Å². The number of rotatable bonds is 14. The predicted octanol–water partition coefficient (Wildman–Crippen LogP) is 2.94. The van der Waals surface area contributed by atoms with Crippen LogP contribution in [0.25, 0.3) is 0 Å². The van der Waals surface area contributed by atoms with Crippen molar-refractivity contribution < 1.29 is 0 Å². The first-order valence-electron chi connectivity index (χ1n) is 8.91. The van der Waals surface area contributed by atoms with Gasteiger partial charge in [-0.05, 0) is 0 Å². The summed E-state index contributed by atoms with van der Waals surface area (Å²) < 4.78 is 0. The van der Waals surface area contributed by atoms with Gasteiger partial charge in [-0.15, -0.1) is 62.0 Å². The van der Waals surface area contributed by atoms with Gasteiger partial charge in [0.25, 0.3) is 0 Å². The third-order valence-corrected chi connectivity index (χ3v) is 42.5. The molecule has 0 aromatic rings. The molecule has 0 bridgehead atoms. The quantitative estimate of drug-likeness (QED) is 0.143. The predicted molar refractivity (Wildman–Crippen MR) is 158 cm³/mol. The Hall–Kier alpha value is 3.19. The molecular formula is C14H40Cl5GeN5S4. The molecule has 1 rings (SSSR count). The standard InChI is InChI=1S/C14H35GeN5S4.5ClH/c16-3-1-5-18-7-11-21-15(22-12-8-19-6-2-4-17)23-13-9-20-10-14-24-15;;;;;/h18-20H,1-14,16-17H2;5*1H. The van der Waals surface area contributed by atoms with Crippen LogP contribution < -0.4 is 27.4 Å². The van der Waals surface area contributed by atoms with Crippen molar-refractivity contribution in [2.75, 3.05) is 75.4 Å². The summed E-state index contributed by atoms with van der Waals surface area (Å²) in [5.41, 5.74) is 11.1. The van der Waals surface area contributed by atoms with Crippen LogP contribution in [0.2, 0.25) is 0 Å². The van der Waals surface area contributed by atoms with Gasteiger partial charge in [0, 0.05) is 0 Å². The van der Waals surface area contributed by atoms with Crippen LogP contribution >= 0.6 is 102 Å². The summed E-state index contributed by atoms with van der Waals surface area (Å²) >= 11 is 0. The summed E-state index contributed by atoms with van der Waals surface area (Å²) in [4.78, 5) is 0. The molecule has 1 saturated heterocycles. The molecule has 29 heavy (non-hydrogen) atoms. The summed E-state index contributed by atoms with van der Waals surface area (Å²) in [5.74, 6) is 5.03. The van der Waals surface area contributed by atoms with Crippen molar-refractivity contribution in [1.82, 2.24) is 16.0 Å². The number of hydrogen-bond donors (Lipinski definition) is 5. The second-order valence-corrected chi connectivity index (χ2v) is 38.4. The van der Waals surface area contributed by atoms with Gasteiger partial charge >= 0.3 is 165 Å². The van der Waals surface area contributed by atoms with Gasteiger partial charge in [-0.3, -0.25) is 0 Å². The molecule has 184 valence electrons. The first kappa shape index (κ1) is 42.4. The van der Waals surface area contributed by atoms with Crippen molar-refractivity contribution in [1.29, 1.82) is 0 Å². The molecule has 7 N–H and O–H groups in total. The Balaban J connectivity index is -0.000000384. The van der Waals surface area contributed by atoms with Gasteiger partial charge in [0.1, 0.15) is 0 Å². The van der Waals surface area contributed by atoms with E-state index in [4.69, 9.17) is 11.5 Å². The van der Waals surface area contributed by atoms with E-state index in [9.17, 15) is 0 Å². The molecule has 0 aromatic carbocycles. The summed E-state index contributed by atoms with van der Waals surface area (Å²) in [5, 5.41) is 10.6. The first-order chi connectivity index (χ1) is 11.8. The minimum atomic E-state index is -1.98. The molecular weight excluding hydrogens is 616 g/mol.